The van der Waals surface area contributed by atoms with E-state index >= 15 is 0 Å². The minimum atomic E-state index is -3.36. The highest BCUT2D eigenvalue weighted by Crippen LogP contribution is 2.40. The summed E-state index contributed by atoms with van der Waals surface area (Å²) in [6, 6.07) is 1.93. The van der Waals surface area contributed by atoms with Crippen LogP contribution in [-0.4, -0.2) is 25.3 Å². The first kappa shape index (κ1) is 13.9. The SMILES string of the molecule is O=S(=O)(c1ccsc1CCl)N1CCCC2CCCC21. The quantitative estimate of drug-likeness (QED) is 0.800. The largest absolute Gasteiger partial charge is 0.244 e. The number of nitrogens with zero attached hydrogens (tertiary/aromatic N) is 1. The van der Waals surface area contributed by atoms with Gasteiger partial charge in [-0.3, -0.25) is 0 Å². The van der Waals surface area contributed by atoms with Crippen LogP contribution in [-0.2, 0) is 15.9 Å². The maximum Gasteiger partial charge on any atom is 0.244 e. The molecular formula is C13H18ClNO2S2. The van der Waals surface area contributed by atoms with Crippen LogP contribution in [0.1, 0.15) is 37.0 Å². The molecule has 2 heterocycles. The molecule has 2 fully saturated rings. The number of hydrogen-bond acceptors (Lipinski definition) is 3. The molecule has 0 radical (unpaired) electrons. The molecule has 0 aromatic carbocycles. The zero-order valence-electron chi connectivity index (χ0n) is 10.7. The van der Waals surface area contributed by atoms with Crippen molar-refractivity contribution in [2.45, 2.75) is 48.9 Å². The first-order valence-corrected chi connectivity index (χ1v) is 9.64. The number of piperidine rings is 1. The topological polar surface area (TPSA) is 37.4 Å². The summed E-state index contributed by atoms with van der Waals surface area (Å²) in [5.74, 6) is 0.843. The molecule has 1 aromatic rings. The van der Waals surface area contributed by atoms with Gasteiger partial charge in [0.05, 0.1) is 10.8 Å². The van der Waals surface area contributed by atoms with Crippen molar-refractivity contribution < 1.29 is 8.42 Å². The molecule has 2 atom stereocenters. The molecule has 106 valence electrons. The van der Waals surface area contributed by atoms with Gasteiger partial charge >= 0.3 is 0 Å². The molecule has 1 aliphatic heterocycles. The minimum Gasteiger partial charge on any atom is -0.207 e. The van der Waals surface area contributed by atoms with Gasteiger partial charge in [0.25, 0.3) is 0 Å². The molecule has 1 aromatic heterocycles. The van der Waals surface area contributed by atoms with Crippen LogP contribution in [0, 0.1) is 5.92 Å². The van der Waals surface area contributed by atoms with E-state index in [1.54, 1.807) is 10.4 Å². The van der Waals surface area contributed by atoms with E-state index in [1.165, 1.54) is 24.2 Å². The third-order valence-corrected chi connectivity index (χ3v) is 7.84. The fourth-order valence-electron chi connectivity index (χ4n) is 3.49. The lowest BCUT2D eigenvalue weighted by atomic mass is 9.94. The predicted octanol–water partition coefficient (Wildman–Crippen LogP) is 3.44. The van der Waals surface area contributed by atoms with Crippen molar-refractivity contribution in [2.75, 3.05) is 6.54 Å². The Morgan fingerprint density at radius 2 is 2.11 bits per heavy atom. The molecule has 0 bridgehead atoms. The van der Waals surface area contributed by atoms with E-state index in [1.807, 2.05) is 5.38 Å². The first-order valence-electron chi connectivity index (χ1n) is 6.79. The van der Waals surface area contributed by atoms with Crippen LogP contribution < -0.4 is 0 Å². The minimum absolute atomic E-state index is 0.224. The molecule has 1 saturated heterocycles. The second kappa shape index (κ2) is 5.35. The van der Waals surface area contributed by atoms with Gasteiger partial charge in [-0.25, -0.2) is 8.42 Å². The summed E-state index contributed by atoms with van der Waals surface area (Å²) in [5, 5.41) is 1.82. The Labute approximate surface area is 123 Å². The van der Waals surface area contributed by atoms with Crippen molar-refractivity contribution >= 4 is 33.0 Å². The zero-order chi connectivity index (χ0) is 13.5. The van der Waals surface area contributed by atoms with Crippen LogP contribution in [0.25, 0.3) is 0 Å². The number of halogens is 1. The lowest BCUT2D eigenvalue weighted by molar-refractivity contribution is 0.202. The van der Waals surface area contributed by atoms with Crippen molar-refractivity contribution in [1.29, 1.82) is 0 Å². The monoisotopic (exact) mass is 319 g/mol. The Balaban J connectivity index is 1.95. The molecule has 1 saturated carbocycles. The van der Waals surface area contributed by atoms with Crippen molar-refractivity contribution in [1.82, 2.24) is 4.31 Å². The Bertz CT molecular complexity index is 555. The Kier molecular flexibility index (Phi) is 3.91. The number of fused-ring (bicyclic) bond motifs is 1. The molecule has 2 aliphatic rings. The summed E-state index contributed by atoms with van der Waals surface area (Å²) in [4.78, 5) is 1.20. The summed E-state index contributed by atoms with van der Waals surface area (Å²) in [7, 11) is -3.36. The Hall–Kier alpha value is -0.100. The predicted molar refractivity (Wildman–Crippen MR) is 78.1 cm³/mol. The number of rotatable bonds is 3. The molecule has 6 heteroatoms. The normalized spacial score (nSPS) is 28.5. The standard InChI is InChI=1S/C13H18ClNO2S2/c14-9-12-13(6-8-18-12)19(16,17)15-7-2-4-10-3-1-5-11(10)15/h6,8,10-11H,1-5,7,9H2. The average molecular weight is 320 g/mol. The smallest absolute Gasteiger partial charge is 0.207 e. The van der Waals surface area contributed by atoms with Gasteiger partial charge in [-0.1, -0.05) is 6.42 Å². The van der Waals surface area contributed by atoms with Crippen LogP contribution in [0.4, 0.5) is 0 Å². The summed E-state index contributed by atoms with van der Waals surface area (Å²) in [6.07, 6.45) is 5.53. The summed E-state index contributed by atoms with van der Waals surface area (Å²) in [6.45, 7) is 0.668. The highest BCUT2D eigenvalue weighted by molar-refractivity contribution is 7.89. The third kappa shape index (κ3) is 2.35. The highest BCUT2D eigenvalue weighted by atomic mass is 35.5. The number of hydrogen-bond donors (Lipinski definition) is 0. The van der Waals surface area contributed by atoms with E-state index in [-0.39, 0.29) is 11.9 Å². The van der Waals surface area contributed by atoms with E-state index in [4.69, 9.17) is 11.6 Å². The maximum absolute atomic E-state index is 12.8. The highest BCUT2D eigenvalue weighted by Gasteiger charge is 2.41. The van der Waals surface area contributed by atoms with Crippen LogP contribution >= 0.6 is 22.9 Å². The van der Waals surface area contributed by atoms with E-state index < -0.39 is 10.0 Å². The molecule has 3 rings (SSSR count). The molecule has 1 aliphatic carbocycles. The number of sulfonamides is 1. The fourth-order valence-corrected chi connectivity index (χ4v) is 6.92. The lowest BCUT2D eigenvalue weighted by Crippen LogP contribution is -2.46. The third-order valence-electron chi connectivity index (χ3n) is 4.35. The molecule has 3 nitrogen and oxygen atoms in total. The van der Waals surface area contributed by atoms with Gasteiger partial charge in [0.2, 0.25) is 10.0 Å². The van der Waals surface area contributed by atoms with Gasteiger partial charge in [-0.2, -0.15) is 4.31 Å². The van der Waals surface area contributed by atoms with Crippen molar-refractivity contribution in [3.05, 3.63) is 16.3 Å². The molecular weight excluding hydrogens is 302 g/mol. The second-order valence-electron chi connectivity index (χ2n) is 5.36. The van der Waals surface area contributed by atoms with Gasteiger partial charge in [-0.05, 0) is 43.0 Å². The summed E-state index contributed by atoms with van der Waals surface area (Å²) >= 11 is 7.29. The van der Waals surface area contributed by atoms with Crippen molar-refractivity contribution in [3.8, 4) is 0 Å². The fraction of sp³-hybridized carbons (Fsp3) is 0.692. The van der Waals surface area contributed by atoms with E-state index in [0.717, 1.165) is 24.1 Å². The van der Waals surface area contributed by atoms with Gasteiger partial charge in [0.1, 0.15) is 0 Å². The zero-order valence-corrected chi connectivity index (χ0v) is 13.1. The van der Waals surface area contributed by atoms with E-state index in [9.17, 15) is 8.42 Å². The molecule has 0 N–H and O–H groups in total. The van der Waals surface area contributed by atoms with E-state index in [0.29, 0.717) is 17.4 Å². The molecule has 2 unspecified atom stereocenters. The first-order chi connectivity index (χ1) is 9.14. The summed E-state index contributed by atoms with van der Waals surface area (Å²) < 4.78 is 27.4. The molecule has 0 spiro atoms. The second-order valence-corrected chi connectivity index (χ2v) is 8.48. The lowest BCUT2D eigenvalue weighted by Gasteiger charge is -2.36. The van der Waals surface area contributed by atoms with Gasteiger partial charge in [-0.15, -0.1) is 22.9 Å². The van der Waals surface area contributed by atoms with Gasteiger partial charge < -0.3 is 0 Å². The number of alkyl halides is 1. The van der Waals surface area contributed by atoms with E-state index in [2.05, 4.69) is 0 Å². The Morgan fingerprint density at radius 1 is 1.32 bits per heavy atom. The van der Waals surface area contributed by atoms with Crippen LogP contribution in [0.15, 0.2) is 16.3 Å². The van der Waals surface area contributed by atoms with Crippen LogP contribution in [0.2, 0.25) is 0 Å². The van der Waals surface area contributed by atoms with Gasteiger partial charge in [0, 0.05) is 17.5 Å². The molecule has 0 amide bonds. The number of thiophene rings is 1. The maximum atomic E-state index is 12.8. The van der Waals surface area contributed by atoms with Gasteiger partial charge in [0.15, 0.2) is 0 Å². The van der Waals surface area contributed by atoms with Crippen molar-refractivity contribution in [2.24, 2.45) is 5.92 Å². The van der Waals surface area contributed by atoms with Crippen molar-refractivity contribution in [3.63, 3.8) is 0 Å². The van der Waals surface area contributed by atoms with Crippen LogP contribution in [0.3, 0.4) is 0 Å². The summed E-state index contributed by atoms with van der Waals surface area (Å²) in [5.41, 5.74) is 0. The Morgan fingerprint density at radius 3 is 2.89 bits per heavy atom. The molecule has 19 heavy (non-hydrogen) atoms. The van der Waals surface area contributed by atoms with Crippen LogP contribution in [0.5, 0.6) is 0 Å². The average Bonchev–Trinajstić information content (AvgIpc) is 3.06.